The molecule has 0 amide bonds. The number of thiophene rings is 1. The van der Waals surface area contributed by atoms with Gasteiger partial charge in [0.25, 0.3) is 0 Å². The van der Waals surface area contributed by atoms with Gasteiger partial charge in [0.15, 0.2) is 6.29 Å². The molecule has 0 saturated heterocycles. The number of aldehydes is 1. The van der Waals surface area contributed by atoms with Gasteiger partial charge in [-0.1, -0.05) is 13.0 Å². The lowest BCUT2D eigenvalue weighted by atomic mass is 10.1. The maximum Gasteiger partial charge on any atom is 0.160 e. The van der Waals surface area contributed by atoms with Crippen molar-refractivity contribution in [2.24, 2.45) is 0 Å². The molecule has 2 rings (SSSR count). The summed E-state index contributed by atoms with van der Waals surface area (Å²) < 4.78 is 1.15. The van der Waals surface area contributed by atoms with Gasteiger partial charge in [0.2, 0.25) is 0 Å². The predicted octanol–water partition coefficient (Wildman–Crippen LogP) is 3.56. The first-order valence-corrected chi connectivity index (χ1v) is 5.72. The highest BCUT2D eigenvalue weighted by Crippen LogP contribution is 2.34. The number of rotatable bonds is 2. The molecule has 0 aliphatic carbocycles. The first-order chi connectivity index (χ1) is 6.77. The molecule has 0 N–H and O–H groups in total. The third-order valence-electron chi connectivity index (χ3n) is 2.28. The second-order valence-corrected chi connectivity index (χ2v) is 4.63. The van der Waals surface area contributed by atoms with Gasteiger partial charge in [0, 0.05) is 15.0 Å². The van der Waals surface area contributed by atoms with Crippen LogP contribution in [-0.2, 0) is 6.42 Å². The molecule has 0 bridgehead atoms. The van der Waals surface area contributed by atoms with Crippen LogP contribution in [0.25, 0.3) is 10.1 Å². The molecule has 0 aliphatic heterocycles. The second kappa shape index (κ2) is 3.75. The number of carbonyl (C=O) groups is 1. The van der Waals surface area contributed by atoms with E-state index in [2.05, 4.69) is 19.6 Å². The molecule has 0 spiro atoms. The van der Waals surface area contributed by atoms with E-state index >= 15 is 0 Å². The molecule has 0 saturated carbocycles. The van der Waals surface area contributed by atoms with Crippen molar-refractivity contribution in [2.45, 2.75) is 18.2 Å². The van der Waals surface area contributed by atoms with Crippen LogP contribution in [0.15, 0.2) is 23.1 Å². The number of carbonyl (C=O) groups excluding carboxylic acids is 1. The van der Waals surface area contributed by atoms with Gasteiger partial charge >= 0.3 is 0 Å². The lowest BCUT2D eigenvalue weighted by Gasteiger charge is -1.98. The molecule has 3 heteroatoms. The number of hydrogen-bond donors (Lipinski definition) is 1. The Kier molecular flexibility index (Phi) is 2.61. The summed E-state index contributed by atoms with van der Waals surface area (Å²) in [5, 5.41) is 1.14. The van der Waals surface area contributed by atoms with Gasteiger partial charge in [-0.25, -0.2) is 0 Å². The van der Waals surface area contributed by atoms with Gasteiger partial charge < -0.3 is 0 Å². The summed E-state index contributed by atoms with van der Waals surface area (Å²) in [6.45, 7) is 2.06. The second-order valence-electron chi connectivity index (χ2n) is 3.07. The van der Waals surface area contributed by atoms with Crippen molar-refractivity contribution in [1.82, 2.24) is 0 Å². The maximum atomic E-state index is 10.9. The molecular weight excluding hydrogens is 212 g/mol. The zero-order valence-electron chi connectivity index (χ0n) is 7.78. The smallest absolute Gasteiger partial charge is 0.160 e. The minimum atomic E-state index is 0.837. The average molecular weight is 222 g/mol. The summed E-state index contributed by atoms with van der Waals surface area (Å²) in [7, 11) is 0. The van der Waals surface area contributed by atoms with E-state index in [9.17, 15) is 4.79 Å². The lowest BCUT2D eigenvalue weighted by molar-refractivity contribution is 0.112. The maximum absolute atomic E-state index is 10.9. The first-order valence-electron chi connectivity index (χ1n) is 4.46. The van der Waals surface area contributed by atoms with Crippen LogP contribution in [0.2, 0.25) is 0 Å². The van der Waals surface area contributed by atoms with E-state index in [1.54, 1.807) is 11.3 Å². The fourth-order valence-corrected chi connectivity index (χ4v) is 3.21. The zero-order chi connectivity index (χ0) is 10.1. The van der Waals surface area contributed by atoms with E-state index in [4.69, 9.17) is 0 Å². The Hall–Kier alpha value is -0.800. The Morgan fingerprint density at radius 2 is 2.29 bits per heavy atom. The summed E-state index contributed by atoms with van der Waals surface area (Å²) in [4.78, 5) is 12.7. The molecule has 0 atom stereocenters. The van der Waals surface area contributed by atoms with Crippen LogP contribution < -0.4 is 0 Å². The summed E-state index contributed by atoms with van der Waals surface area (Å²) in [5.41, 5.74) is 1.13. The van der Waals surface area contributed by atoms with Crippen LogP contribution in [0.5, 0.6) is 0 Å². The highest BCUT2D eigenvalue weighted by atomic mass is 32.1. The van der Waals surface area contributed by atoms with Crippen LogP contribution in [-0.4, -0.2) is 6.29 Å². The highest BCUT2D eigenvalue weighted by molar-refractivity contribution is 7.80. The summed E-state index contributed by atoms with van der Waals surface area (Å²) in [6.07, 6.45) is 1.82. The van der Waals surface area contributed by atoms with Crippen molar-refractivity contribution in [2.75, 3.05) is 0 Å². The molecule has 0 aliphatic rings. The molecule has 72 valence electrons. The van der Waals surface area contributed by atoms with Crippen molar-refractivity contribution >= 4 is 40.3 Å². The summed E-state index contributed by atoms with van der Waals surface area (Å²) >= 11 is 5.96. The van der Waals surface area contributed by atoms with E-state index in [1.165, 1.54) is 0 Å². The fourth-order valence-electron chi connectivity index (χ4n) is 1.66. The van der Waals surface area contributed by atoms with Gasteiger partial charge in [0.1, 0.15) is 0 Å². The highest BCUT2D eigenvalue weighted by Gasteiger charge is 2.11. The van der Waals surface area contributed by atoms with Gasteiger partial charge in [-0.2, -0.15) is 0 Å². The van der Waals surface area contributed by atoms with E-state index in [-0.39, 0.29) is 0 Å². The fraction of sp³-hybridized carbons (Fsp3) is 0.182. The largest absolute Gasteiger partial charge is 0.297 e. The van der Waals surface area contributed by atoms with Crippen LogP contribution in [0, 0.1) is 0 Å². The molecule has 1 nitrogen and oxygen atoms in total. The average Bonchev–Trinajstić information content (AvgIpc) is 2.56. The minimum Gasteiger partial charge on any atom is -0.297 e. The molecule has 1 heterocycles. The normalized spacial score (nSPS) is 10.7. The Morgan fingerprint density at radius 1 is 1.50 bits per heavy atom. The molecule has 0 unspecified atom stereocenters. The first kappa shape index (κ1) is 9.74. The number of hydrogen-bond acceptors (Lipinski definition) is 3. The van der Waals surface area contributed by atoms with Crippen LogP contribution in [0.1, 0.15) is 22.2 Å². The number of fused-ring (bicyclic) bond motifs is 1. The molecule has 1 aromatic heterocycles. The van der Waals surface area contributed by atoms with E-state index in [0.29, 0.717) is 0 Å². The zero-order valence-corrected chi connectivity index (χ0v) is 9.49. The summed E-state index contributed by atoms with van der Waals surface area (Å²) in [5.74, 6) is 0. The molecule has 0 fully saturated rings. The standard InChI is InChI=1S/C11H10OS2/c1-2-7-10(6-12)14-9-5-3-4-8(13)11(7)9/h3-6,13H,2H2,1H3. The van der Waals surface area contributed by atoms with Gasteiger partial charge in [-0.15, -0.1) is 24.0 Å². The quantitative estimate of drug-likeness (QED) is 0.607. The third kappa shape index (κ3) is 1.37. The van der Waals surface area contributed by atoms with Crippen molar-refractivity contribution in [3.8, 4) is 0 Å². The Morgan fingerprint density at radius 3 is 2.93 bits per heavy atom. The lowest BCUT2D eigenvalue weighted by Crippen LogP contribution is -1.83. The van der Waals surface area contributed by atoms with Crippen molar-refractivity contribution in [3.63, 3.8) is 0 Å². The number of aryl methyl sites for hydroxylation is 1. The van der Waals surface area contributed by atoms with E-state index in [1.807, 2.05) is 18.2 Å². The molecule has 14 heavy (non-hydrogen) atoms. The monoisotopic (exact) mass is 222 g/mol. The van der Waals surface area contributed by atoms with Gasteiger partial charge in [-0.3, -0.25) is 4.79 Å². The molecule has 1 aromatic carbocycles. The van der Waals surface area contributed by atoms with Crippen LogP contribution in [0.3, 0.4) is 0 Å². The Bertz CT molecular complexity index is 485. The minimum absolute atomic E-state index is 0.837. The Labute approximate surface area is 92.2 Å². The third-order valence-corrected chi connectivity index (χ3v) is 3.78. The van der Waals surface area contributed by atoms with Crippen LogP contribution in [0.4, 0.5) is 0 Å². The van der Waals surface area contributed by atoms with Crippen LogP contribution >= 0.6 is 24.0 Å². The van der Waals surface area contributed by atoms with E-state index in [0.717, 1.165) is 38.1 Å². The predicted molar refractivity (Wildman–Crippen MR) is 63.8 cm³/mol. The number of benzene rings is 1. The van der Waals surface area contributed by atoms with Crippen molar-refractivity contribution < 1.29 is 4.79 Å². The number of thiol groups is 1. The summed E-state index contributed by atoms with van der Waals surface area (Å²) in [6, 6.07) is 5.97. The molecule has 0 radical (unpaired) electrons. The molecular formula is C11H10OS2. The molecule has 2 aromatic rings. The van der Waals surface area contributed by atoms with E-state index < -0.39 is 0 Å². The van der Waals surface area contributed by atoms with Gasteiger partial charge in [0.05, 0.1) is 4.88 Å². The van der Waals surface area contributed by atoms with Crippen molar-refractivity contribution in [3.05, 3.63) is 28.6 Å². The van der Waals surface area contributed by atoms with Gasteiger partial charge in [-0.05, 0) is 24.1 Å². The SMILES string of the molecule is CCc1c(C=O)sc2cccc(S)c12. The Balaban J connectivity index is 2.88. The topological polar surface area (TPSA) is 17.1 Å². The van der Waals surface area contributed by atoms with Crippen molar-refractivity contribution in [1.29, 1.82) is 0 Å².